The summed E-state index contributed by atoms with van der Waals surface area (Å²) in [6, 6.07) is 0. The first-order chi connectivity index (χ1) is 6.13. The van der Waals surface area contributed by atoms with Crippen molar-refractivity contribution < 1.29 is 0 Å². The van der Waals surface area contributed by atoms with Gasteiger partial charge < -0.3 is 5.32 Å². The molecule has 0 aliphatic heterocycles. The van der Waals surface area contributed by atoms with Gasteiger partial charge in [-0.05, 0) is 24.0 Å². The summed E-state index contributed by atoms with van der Waals surface area (Å²) in [5.41, 5.74) is 3.90. The van der Waals surface area contributed by atoms with Gasteiger partial charge >= 0.3 is 0 Å². The fourth-order valence-corrected chi connectivity index (χ4v) is 2.01. The second kappa shape index (κ2) is 3.82. The molecular weight excluding hydrogens is 158 g/mol. The molecule has 13 heavy (non-hydrogen) atoms. The van der Waals surface area contributed by atoms with E-state index in [1.807, 2.05) is 20.0 Å². The molecule has 1 N–H and O–H groups in total. The van der Waals surface area contributed by atoms with Crippen LogP contribution in [0.1, 0.15) is 20.8 Å². The summed E-state index contributed by atoms with van der Waals surface area (Å²) in [6.45, 7) is 10.6. The summed E-state index contributed by atoms with van der Waals surface area (Å²) in [7, 11) is 1.99. The Kier molecular flexibility index (Phi) is 2.97. The van der Waals surface area contributed by atoms with E-state index in [0.717, 1.165) is 5.57 Å². The van der Waals surface area contributed by atoms with Gasteiger partial charge in [-0.1, -0.05) is 32.6 Å². The fraction of sp³-hybridized carbons (Fsp3) is 0.500. The van der Waals surface area contributed by atoms with Gasteiger partial charge in [0.2, 0.25) is 0 Å². The van der Waals surface area contributed by atoms with Crippen molar-refractivity contribution in [1.82, 2.24) is 5.32 Å². The van der Waals surface area contributed by atoms with E-state index in [2.05, 4.69) is 31.8 Å². The number of hydrogen-bond acceptors (Lipinski definition) is 1. The average Bonchev–Trinajstić information content (AvgIpc) is 2.12. The molecule has 2 unspecified atom stereocenters. The van der Waals surface area contributed by atoms with E-state index >= 15 is 0 Å². The van der Waals surface area contributed by atoms with E-state index in [1.165, 1.54) is 11.3 Å². The van der Waals surface area contributed by atoms with Crippen molar-refractivity contribution in [3.8, 4) is 0 Å². The Morgan fingerprint density at radius 3 is 2.46 bits per heavy atom. The summed E-state index contributed by atoms with van der Waals surface area (Å²) < 4.78 is 0. The highest BCUT2D eigenvalue weighted by Gasteiger charge is 2.33. The van der Waals surface area contributed by atoms with Gasteiger partial charge in [0.1, 0.15) is 0 Å². The molecule has 1 aliphatic rings. The summed E-state index contributed by atoms with van der Waals surface area (Å²) in [5, 5.41) is 3.26. The van der Waals surface area contributed by atoms with Crippen LogP contribution >= 0.6 is 0 Å². The molecule has 0 spiro atoms. The molecule has 1 nitrogen and oxygen atoms in total. The molecule has 0 aromatic heterocycles. The van der Waals surface area contributed by atoms with Crippen LogP contribution < -0.4 is 5.32 Å². The lowest BCUT2D eigenvalue weighted by Gasteiger charge is -2.38. The monoisotopic (exact) mass is 177 g/mol. The molecule has 0 saturated heterocycles. The van der Waals surface area contributed by atoms with Gasteiger partial charge in [0.05, 0.1) is 0 Å². The van der Waals surface area contributed by atoms with Crippen molar-refractivity contribution in [1.29, 1.82) is 0 Å². The third-order valence-corrected chi connectivity index (χ3v) is 2.93. The minimum absolute atomic E-state index is 0.645. The normalized spacial score (nSPS) is 27.7. The van der Waals surface area contributed by atoms with Gasteiger partial charge in [0.15, 0.2) is 0 Å². The van der Waals surface area contributed by atoms with Crippen LogP contribution in [0.5, 0.6) is 0 Å². The van der Waals surface area contributed by atoms with Crippen LogP contribution in [0.3, 0.4) is 0 Å². The lowest BCUT2D eigenvalue weighted by molar-refractivity contribution is 0.408. The second-order valence-corrected chi connectivity index (χ2v) is 3.68. The van der Waals surface area contributed by atoms with Gasteiger partial charge in [-0.3, -0.25) is 0 Å². The van der Waals surface area contributed by atoms with Crippen molar-refractivity contribution in [2.45, 2.75) is 20.8 Å². The largest absolute Gasteiger partial charge is 0.391 e. The third-order valence-electron chi connectivity index (χ3n) is 2.93. The molecule has 0 amide bonds. The van der Waals surface area contributed by atoms with Crippen molar-refractivity contribution in [3.63, 3.8) is 0 Å². The SMILES string of the molecule is C=C(/C=C\C)C1=C(NC)C(C)C1C. The van der Waals surface area contributed by atoms with Crippen LogP contribution in [-0.2, 0) is 0 Å². The zero-order valence-electron chi connectivity index (χ0n) is 9.02. The van der Waals surface area contributed by atoms with E-state index in [0.29, 0.717) is 11.8 Å². The first kappa shape index (κ1) is 10.1. The van der Waals surface area contributed by atoms with Gasteiger partial charge in [0.25, 0.3) is 0 Å². The van der Waals surface area contributed by atoms with Crippen molar-refractivity contribution in [2.24, 2.45) is 11.8 Å². The maximum absolute atomic E-state index is 4.06. The summed E-state index contributed by atoms with van der Waals surface area (Å²) >= 11 is 0. The maximum atomic E-state index is 4.06. The van der Waals surface area contributed by atoms with Crippen LogP contribution in [0, 0.1) is 11.8 Å². The van der Waals surface area contributed by atoms with Crippen LogP contribution in [0.2, 0.25) is 0 Å². The Balaban J connectivity index is 2.90. The van der Waals surface area contributed by atoms with Gasteiger partial charge in [0, 0.05) is 18.7 Å². The highest BCUT2D eigenvalue weighted by molar-refractivity contribution is 5.48. The molecule has 0 fully saturated rings. The van der Waals surface area contributed by atoms with E-state index in [1.54, 1.807) is 0 Å². The molecular formula is C12H19N. The molecule has 0 aromatic carbocycles. The van der Waals surface area contributed by atoms with Crippen molar-refractivity contribution in [2.75, 3.05) is 7.05 Å². The van der Waals surface area contributed by atoms with Crippen molar-refractivity contribution >= 4 is 0 Å². The lowest BCUT2D eigenvalue weighted by Crippen LogP contribution is -2.34. The lowest BCUT2D eigenvalue weighted by atomic mass is 9.70. The Morgan fingerprint density at radius 1 is 1.38 bits per heavy atom. The number of nitrogens with one attached hydrogen (secondary N) is 1. The van der Waals surface area contributed by atoms with Crippen LogP contribution in [-0.4, -0.2) is 7.05 Å². The summed E-state index contributed by atoms with van der Waals surface area (Å²) in [6.07, 6.45) is 4.12. The molecule has 1 aliphatic carbocycles. The van der Waals surface area contributed by atoms with Gasteiger partial charge in [-0.15, -0.1) is 0 Å². The Labute approximate surface area is 81.2 Å². The van der Waals surface area contributed by atoms with Crippen LogP contribution in [0.4, 0.5) is 0 Å². The van der Waals surface area contributed by atoms with Crippen molar-refractivity contribution in [3.05, 3.63) is 35.6 Å². The summed E-state index contributed by atoms with van der Waals surface area (Å²) in [5.74, 6) is 1.30. The number of allylic oxidation sites excluding steroid dienone is 5. The average molecular weight is 177 g/mol. The molecule has 0 saturated carbocycles. The second-order valence-electron chi connectivity index (χ2n) is 3.68. The Morgan fingerprint density at radius 2 is 2.00 bits per heavy atom. The zero-order chi connectivity index (χ0) is 10.0. The molecule has 1 heteroatoms. The summed E-state index contributed by atoms with van der Waals surface area (Å²) in [4.78, 5) is 0. The van der Waals surface area contributed by atoms with Crippen LogP contribution in [0.15, 0.2) is 35.6 Å². The quantitative estimate of drug-likeness (QED) is 0.654. The van der Waals surface area contributed by atoms with E-state index < -0.39 is 0 Å². The fourth-order valence-electron chi connectivity index (χ4n) is 2.01. The van der Waals surface area contributed by atoms with Gasteiger partial charge in [-0.2, -0.15) is 0 Å². The molecule has 0 heterocycles. The smallest absolute Gasteiger partial charge is 0.0180 e. The topological polar surface area (TPSA) is 12.0 Å². The minimum Gasteiger partial charge on any atom is -0.391 e. The molecule has 0 aromatic rings. The van der Waals surface area contributed by atoms with E-state index in [4.69, 9.17) is 0 Å². The predicted octanol–water partition coefficient (Wildman–Crippen LogP) is 2.88. The number of rotatable bonds is 3. The molecule has 1 rings (SSSR count). The standard InChI is InChI=1S/C12H19N/c1-6-7-8(2)11-9(3)10(4)12(11)13-5/h6-7,9-10,13H,2H2,1,3-5H3/b7-6-. The minimum atomic E-state index is 0.645. The first-order valence-electron chi connectivity index (χ1n) is 4.87. The predicted molar refractivity (Wildman–Crippen MR) is 58.4 cm³/mol. The highest BCUT2D eigenvalue weighted by atomic mass is 14.9. The zero-order valence-corrected chi connectivity index (χ0v) is 9.02. The van der Waals surface area contributed by atoms with E-state index in [-0.39, 0.29) is 0 Å². The number of hydrogen-bond donors (Lipinski definition) is 1. The first-order valence-corrected chi connectivity index (χ1v) is 4.87. The van der Waals surface area contributed by atoms with Crippen LogP contribution in [0.25, 0.3) is 0 Å². The Bertz CT molecular complexity index is 271. The maximum Gasteiger partial charge on any atom is 0.0180 e. The van der Waals surface area contributed by atoms with Gasteiger partial charge in [-0.25, -0.2) is 0 Å². The highest BCUT2D eigenvalue weighted by Crippen LogP contribution is 2.42. The molecule has 2 atom stereocenters. The molecule has 0 bridgehead atoms. The molecule has 0 radical (unpaired) electrons. The third kappa shape index (κ3) is 1.55. The molecule has 72 valence electrons. The van der Waals surface area contributed by atoms with E-state index in [9.17, 15) is 0 Å². The Hall–Kier alpha value is -0.980.